The van der Waals surface area contributed by atoms with Crippen LogP contribution >= 0.6 is 35.0 Å². The van der Waals surface area contributed by atoms with Crippen LogP contribution in [0.15, 0.2) is 46.2 Å². The number of carbonyl (C=O) groups excluding carboxylic acids is 1. The monoisotopic (exact) mass is 416 g/mol. The van der Waals surface area contributed by atoms with E-state index in [0.29, 0.717) is 0 Å². The van der Waals surface area contributed by atoms with Crippen LogP contribution < -0.4 is 10.5 Å². The highest BCUT2D eigenvalue weighted by Crippen LogP contribution is 2.36. The summed E-state index contributed by atoms with van der Waals surface area (Å²) in [6.07, 6.45) is 0.765. The topological polar surface area (TPSA) is 89.3 Å². The molecule has 0 spiro atoms. The van der Waals surface area contributed by atoms with E-state index in [0.717, 1.165) is 28.7 Å². The fraction of sp³-hybridized carbons (Fsp3) is 0.188. The highest BCUT2D eigenvalue weighted by atomic mass is 35.5. The van der Waals surface area contributed by atoms with Crippen molar-refractivity contribution in [2.24, 2.45) is 5.14 Å². The molecule has 1 heterocycles. The lowest BCUT2D eigenvalue weighted by Crippen LogP contribution is -2.31. The summed E-state index contributed by atoms with van der Waals surface area (Å²) in [5.41, 5.74) is 1.05. The molecule has 0 saturated heterocycles. The number of thioether (sulfide) groups is 1. The van der Waals surface area contributed by atoms with Crippen molar-refractivity contribution in [3.63, 3.8) is 0 Å². The molecule has 0 bridgehead atoms. The van der Waals surface area contributed by atoms with Gasteiger partial charge in [-0.1, -0.05) is 41.4 Å². The van der Waals surface area contributed by atoms with Crippen molar-refractivity contribution in [1.82, 2.24) is 5.32 Å². The summed E-state index contributed by atoms with van der Waals surface area (Å²) in [6.45, 7) is 0. The van der Waals surface area contributed by atoms with Gasteiger partial charge in [-0.05, 0) is 30.2 Å². The number of nitrogens with one attached hydrogen (secondary N) is 1. The second-order valence-corrected chi connectivity index (χ2v) is 8.99. The second-order valence-electron chi connectivity index (χ2n) is 5.51. The largest absolute Gasteiger partial charge is 0.345 e. The molecule has 5 nitrogen and oxygen atoms in total. The van der Waals surface area contributed by atoms with Crippen LogP contribution in [0.3, 0.4) is 0 Å². The van der Waals surface area contributed by atoms with Gasteiger partial charge in [-0.2, -0.15) is 0 Å². The second kappa shape index (κ2) is 7.17. The molecule has 0 aromatic heterocycles. The Hall–Kier alpha value is -1.25. The van der Waals surface area contributed by atoms with Gasteiger partial charge in [-0.15, -0.1) is 11.8 Å². The van der Waals surface area contributed by atoms with E-state index in [2.05, 4.69) is 5.32 Å². The number of fused-ring (bicyclic) bond motifs is 1. The van der Waals surface area contributed by atoms with Crippen LogP contribution in [-0.2, 0) is 10.0 Å². The van der Waals surface area contributed by atoms with Crippen molar-refractivity contribution in [2.45, 2.75) is 22.3 Å². The van der Waals surface area contributed by atoms with Crippen molar-refractivity contribution < 1.29 is 13.2 Å². The summed E-state index contributed by atoms with van der Waals surface area (Å²) >= 11 is 13.7. The Kier molecular flexibility index (Phi) is 5.31. The van der Waals surface area contributed by atoms with Crippen LogP contribution in [0.25, 0.3) is 0 Å². The number of rotatable bonds is 3. The number of hydrogen-bond acceptors (Lipinski definition) is 4. The number of carbonyl (C=O) groups is 1. The van der Waals surface area contributed by atoms with Gasteiger partial charge in [-0.3, -0.25) is 4.79 Å². The molecule has 1 aliphatic heterocycles. The zero-order chi connectivity index (χ0) is 18.2. The molecule has 1 amide bonds. The summed E-state index contributed by atoms with van der Waals surface area (Å²) in [5, 5.41) is 7.99. The molecule has 3 N–H and O–H groups in total. The van der Waals surface area contributed by atoms with E-state index in [9.17, 15) is 13.2 Å². The molecule has 0 aliphatic carbocycles. The van der Waals surface area contributed by atoms with Crippen molar-refractivity contribution in [3.05, 3.63) is 57.6 Å². The van der Waals surface area contributed by atoms with Crippen LogP contribution in [0.2, 0.25) is 10.0 Å². The Bertz CT molecular complexity index is 948. The standard InChI is InChI=1S/C16H14Cl2N2O3S2/c17-11-8-12(18)15(25(19,22)23)7-10(11)16(21)20-13-5-6-24-14-4-2-1-3-9(13)14/h1-4,7-8,13H,5-6H2,(H,20,21)(H2,19,22,23). The summed E-state index contributed by atoms with van der Waals surface area (Å²) in [5.74, 6) is 0.400. The minimum Gasteiger partial charge on any atom is -0.345 e. The van der Waals surface area contributed by atoms with Gasteiger partial charge in [0.25, 0.3) is 5.91 Å². The maximum absolute atomic E-state index is 12.7. The maximum atomic E-state index is 12.7. The van der Waals surface area contributed by atoms with E-state index in [1.807, 2.05) is 24.3 Å². The summed E-state index contributed by atoms with van der Waals surface area (Å²) in [7, 11) is -4.06. The lowest BCUT2D eigenvalue weighted by molar-refractivity contribution is 0.0935. The maximum Gasteiger partial charge on any atom is 0.253 e. The number of primary sulfonamides is 1. The zero-order valence-corrected chi connectivity index (χ0v) is 16.0. The van der Waals surface area contributed by atoms with Crippen LogP contribution in [-0.4, -0.2) is 20.1 Å². The normalized spacial score (nSPS) is 17.0. The minimum absolute atomic E-state index is 0.0193. The summed E-state index contributed by atoms with van der Waals surface area (Å²) in [4.78, 5) is 13.4. The van der Waals surface area contributed by atoms with Crippen molar-refractivity contribution in [1.29, 1.82) is 0 Å². The van der Waals surface area contributed by atoms with E-state index in [1.54, 1.807) is 11.8 Å². The summed E-state index contributed by atoms with van der Waals surface area (Å²) in [6, 6.07) is 9.98. The molecule has 0 saturated carbocycles. The smallest absolute Gasteiger partial charge is 0.253 e. The average Bonchev–Trinajstić information content (AvgIpc) is 2.54. The molecule has 1 aliphatic rings. The number of sulfonamides is 1. The first-order valence-electron chi connectivity index (χ1n) is 7.32. The average molecular weight is 417 g/mol. The minimum atomic E-state index is -4.06. The van der Waals surface area contributed by atoms with Crippen molar-refractivity contribution in [3.8, 4) is 0 Å². The Labute approximate surface area is 159 Å². The molecule has 0 fully saturated rings. The van der Waals surface area contributed by atoms with Crippen molar-refractivity contribution in [2.75, 3.05) is 5.75 Å². The number of amides is 1. The number of nitrogens with two attached hydrogens (primary N) is 1. The van der Waals surface area contributed by atoms with Gasteiger partial charge in [0.15, 0.2) is 0 Å². The number of halogens is 2. The fourth-order valence-electron chi connectivity index (χ4n) is 2.65. The summed E-state index contributed by atoms with van der Waals surface area (Å²) < 4.78 is 23.2. The molecule has 2 aromatic carbocycles. The predicted octanol–water partition coefficient (Wildman–Crippen LogP) is 3.61. The van der Waals surface area contributed by atoms with E-state index < -0.39 is 15.9 Å². The predicted molar refractivity (Wildman–Crippen MR) is 99.8 cm³/mol. The third-order valence-electron chi connectivity index (χ3n) is 3.84. The molecule has 3 rings (SSSR count). The third kappa shape index (κ3) is 3.96. The SMILES string of the molecule is NS(=O)(=O)c1cc(C(=O)NC2CCSc3ccccc32)c(Cl)cc1Cl. The Morgan fingerprint density at radius 3 is 2.64 bits per heavy atom. The van der Waals surface area contributed by atoms with E-state index >= 15 is 0 Å². The molecule has 0 radical (unpaired) electrons. The lowest BCUT2D eigenvalue weighted by atomic mass is 10.0. The quantitative estimate of drug-likeness (QED) is 0.799. The van der Waals surface area contributed by atoms with Gasteiger partial charge in [0, 0.05) is 10.6 Å². The van der Waals surface area contributed by atoms with Crippen LogP contribution in [0, 0.1) is 0 Å². The van der Waals surface area contributed by atoms with Gasteiger partial charge >= 0.3 is 0 Å². The molecule has 2 aromatic rings. The highest BCUT2D eigenvalue weighted by molar-refractivity contribution is 7.99. The Morgan fingerprint density at radius 2 is 1.92 bits per heavy atom. The van der Waals surface area contributed by atoms with E-state index in [4.69, 9.17) is 28.3 Å². The van der Waals surface area contributed by atoms with Gasteiger partial charge in [0.2, 0.25) is 10.0 Å². The van der Waals surface area contributed by atoms with Gasteiger partial charge in [0.05, 0.1) is 21.7 Å². The Balaban J connectivity index is 1.93. The number of hydrogen-bond donors (Lipinski definition) is 2. The fourth-order valence-corrected chi connectivity index (χ4v) is 5.18. The third-order valence-corrected chi connectivity index (χ3v) is 6.65. The first-order chi connectivity index (χ1) is 11.8. The van der Waals surface area contributed by atoms with Gasteiger partial charge in [-0.25, -0.2) is 13.6 Å². The zero-order valence-electron chi connectivity index (χ0n) is 12.8. The lowest BCUT2D eigenvalue weighted by Gasteiger charge is -2.26. The highest BCUT2D eigenvalue weighted by Gasteiger charge is 2.25. The molecular formula is C16H14Cl2N2O3S2. The molecule has 9 heteroatoms. The molecular weight excluding hydrogens is 403 g/mol. The van der Waals surface area contributed by atoms with Crippen LogP contribution in [0.4, 0.5) is 0 Å². The van der Waals surface area contributed by atoms with Crippen LogP contribution in [0.5, 0.6) is 0 Å². The Morgan fingerprint density at radius 1 is 1.20 bits per heavy atom. The number of benzene rings is 2. The first kappa shape index (κ1) is 18.5. The van der Waals surface area contributed by atoms with Gasteiger partial charge < -0.3 is 5.32 Å². The molecule has 1 atom stereocenters. The van der Waals surface area contributed by atoms with Gasteiger partial charge in [0.1, 0.15) is 4.90 Å². The van der Waals surface area contributed by atoms with Crippen molar-refractivity contribution >= 4 is 50.9 Å². The molecule has 132 valence electrons. The first-order valence-corrected chi connectivity index (χ1v) is 10.6. The van der Waals surface area contributed by atoms with E-state index in [1.165, 1.54) is 6.07 Å². The van der Waals surface area contributed by atoms with Crippen LogP contribution in [0.1, 0.15) is 28.4 Å². The molecule has 25 heavy (non-hydrogen) atoms. The molecule has 1 unspecified atom stereocenters. The van der Waals surface area contributed by atoms with E-state index in [-0.39, 0.29) is 26.5 Å².